The maximum atomic E-state index is 12.5. The zero-order valence-electron chi connectivity index (χ0n) is 12.7. The molecule has 0 aliphatic heterocycles. The highest BCUT2D eigenvalue weighted by molar-refractivity contribution is 5.95. The van der Waals surface area contributed by atoms with Crippen molar-refractivity contribution >= 4 is 23.0 Å². The lowest BCUT2D eigenvalue weighted by Crippen LogP contribution is -2.20. The van der Waals surface area contributed by atoms with E-state index in [1.54, 1.807) is 0 Å². The largest absolute Gasteiger partial charge is 0.423 e. The maximum absolute atomic E-state index is 12.5. The van der Waals surface area contributed by atoms with E-state index in [1.807, 2.05) is 62.4 Å². The average Bonchev–Trinajstić information content (AvgIpc) is 2.90. The molecule has 1 atom stereocenters. The third-order valence-corrected chi connectivity index (χ3v) is 3.70. The van der Waals surface area contributed by atoms with Crippen LogP contribution in [0.25, 0.3) is 11.1 Å². The molecule has 1 N–H and O–H groups in total. The Morgan fingerprint density at radius 1 is 1.23 bits per heavy atom. The number of amides is 1. The van der Waals surface area contributed by atoms with Gasteiger partial charge in [0, 0.05) is 0 Å². The van der Waals surface area contributed by atoms with Crippen LogP contribution in [-0.2, 0) is 4.79 Å². The molecule has 3 aromatic rings. The molecule has 22 heavy (non-hydrogen) atoms. The summed E-state index contributed by atoms with van der Waals surface area (Å²) in [6.45, 7) is 3.98. The van der Waals surface area contributed by atoms with Gasteiger partial charge >= 0.3 is 6.01 Å². The van der Waals surface area contributed by atoms with Crippen molar-refractivity contribution in [1.82, 2.24) is 4.98 Å². The first kappa shape index (κ1) is 14.3. The van der Waals surface area contributed by atoms with Crippen molar-refractivity contribution in [3.63, 3.8) is 0 Å². The third kappa shape index (κ3) is 2.86. The van der Waals surface area contributed by atoms with Gasteiger partial charge in [0.1, 0.15) is 5.52 Å². The Bertz CT molecular complexity index is 793. The number of hydrogen-bond donors (Lipinski definition) is 1. The molecule has 1 aromatic heterocycles. The van der Waals surface area contributed by atoms with E-state index in [9.17, 15) is 4.79 Å². The highest BCUT2D eigenvalue weighted by atomic mass is 16.4. The molecule has 0 spiro atoms. The first-order valence-corrected chi connectivity index (χ1v) is 7.40. The minimum absolute atomic E-state index is 0.100. The van der Waals surface area contributed by atoms with Gasteiger partial charge in [-0.2, -0.15) is 4.98 Å². The van der Waals surface area contributed by atoms with Gasteiger partial charge in [0.2, 0.25) is 5.91 Å². The number of fused-ring (bicyclic) bond motifs is 1. The van der Waals surface area contributed by atoms with Crippen molar-refractivity contribution in [3.8, 4) is 0 Å². The Balaban J connectivity index is 1.82. The average molecular weight is 294 g/mol. The van der Waals surface area contributed by atoms with Crippen molar-refractivity contribution in [2.75, 3.05) is 5.32 Å². The molecule has 0 aliphatic carbocycles. The molecule has 0 unspecified atom stereocenters. The van der Waals surface area contributed by atoms with Crippen molar-refractivity contribution in [2.45, 2.75) is 26.2 Å². The summed E-state index contributed by atoms with van der Waals surface area (Å²) >= 11 is 0. The number of carbonyl (C=O) groups excluding carboxylic acids is 1. The Morgan fingerprint density at radius 2 is 2.00 bits per heavy atom. The third-order valence-electron chi connectivity index (χ3n) is 3.70. The van der Waals surface area contributed by atoms with Gasteiger partial charge in [0.15, 0.2) is 5.58 Å². The Labute approximate surface area is 129 Å². The fourth-order valence-corrected chi connectivity index (χ4v) is 2.54. The minimum atomic E-state index is -0.210. The number of aryl methyl sites for hydroxylation is 1. The quantitative estimate of drug-likeness (QED) is 0.781. The zero-order valence-corrected chi connectivity index (χ0v) is 12.7. The van der Waals surface area contributed by atoms with Crippen LogP contribution in [0, 0.1) is 6.92 Å². The molecule has 0 saturated heterocycles. The summed E-state index contributed by atoms with van der Waals surface area (Å²) in [7, 11) is 0. The van der Waals surface area contributed by atoms with Gasteiger partial charge in [-0.1, -0.05) is 43.3 Å². The van der Waals surface area contributed by atoms with E-state index in [2.05, 4.69) is 10.3 Å². The fourth-order valence-electron chi connectivity index (χ4n) is 2.54. The Kier molecular flexibility index (Phi) is 3.92. The first-order valence-electron chi connectivity index (χ1n) is 7.40. The molecule has 4 heteroatoms. The topological polar surface area (TPSA) is 55.1 Å². The van der Waals surface area contributed by atoms with Crippen LogP contribution in [0.1, 0.15) is 30.4 Å². The smallest absolute Gasteiger partial charge is 0.302 e. The van der Waals surface area contributed by atoms with E-state index in [4.69, 9.17) is 4.42 Å². The van der Waals surface area contributed by atoms with Crippen molar-refractivity contribution < 1.29 is 9.21 Å². The number of anilines is 1. The molecule has 3 rings (SSSR count). The molecule has 0 aliphatic rings. The van der Waals surface area contributed by atoms with Crippen LogP contribution in [0.15, 0.2) is 52.9 Å². The van der Waals surface area contributed by atoms with E-state index >= 15 is 0 Å². The zero-order chi connectivity index (χ0) is 15.5. The number of nitrogens with one attached hydrogen (secondary N) is 1. The predicted molar refractivity (Wildman–Crippen MR) is 86.8 cm³/mol. The molecule has 1 heterocycles. The van der Waals surface area contributed by atoms with Gasteiger partial charge in [-0.25, -0.2) is 0 Å². The first-order chi connectivity index (χ1) is 10.7. The summed E-state index contributed by atoms with van der Waals surface area (Å²) in [6.07, 6.45) is 0.717. The fraction of sp³-hybridized carbons (Fsp3) is 0.222. The Morgan fingerprint density at radius 3 is 2.73 bits per heavy atom. The van der Waals surface area contributed by atoms with Gasteiger partial charge in [0.25, 0.3) is 0 Å². The predicted octanol–water partition coefficient (Wildman–Crippen LogP) is 4.27. The number of rotatable bonds is 4. The van der Waals surface area contributed by atoms with Crippen molar-refractivity contribution in [1.29, 1.82) is 0 Å². The normalized spacial score (nSPS) is 12.3. The van der Waals surface area contributed by atoms with Crippen LogP contribution in [0.3, 0.4) is 0 Å². The minimum Gasteiger partial charge on any atom is -0.423 e. The van der Waals surface area contributed by atoms with E-state index in [0.29, 0.717) is 5.58 Å². The van der Waals surface area contributed by atoms with Gasteiger partial charge in [-0.3, -0.25) is 10.1 Å². The van der Waals surface area contributed by atoms with Gasteiger partial charge in [-0.05, 0) is 36.6 Å². The highest BCUT2D eigenvalue weighted by Gasteiger charge is 2.20. The summed E-state index contributed by atoms with van der Waals surface area (Å²) in [6, 6.07) is 15.8. The maximum Gasteiger partial charge on any atom is 0.302 e. The van der Waals surface area contributed by atoms with Gasteiger partial charge in [0.05, 0.1) is 5.92 Å². The van der Waals surface area contributed by atoms with E-state index < -0.39 is 0 Å². The molecule has 2 aromatic carbocycles. The van der Waals surface area contributed by atoms with Gasteiger partial charge < -0.3 is 4.42 Å². The van der Waals surface area contributed by atoms with Crippen LogP contribution in [0.2, 0.25) is 0 Å². The number of benzene rings is 2. The summed E-state index contributed by atoms with van der Waals surface area (Å²) < 4.78 is 5.61. The highest BCUT2D eigenvalue weighted by Crippen LogP contribution is 2.24. The van der Waals surface area contributed by atoms with Crippen molar-refractivity contribution in [3.05, 3.63) is 59.7 Å². The molecule has 0 saturated carbocycles. The van der Waals surface area contributed by atoms with Crippen LogP contribution in [0.5, 0.6) is 0 Å². The SMILES string of the molecule is CC[C@H](C(=O)Nc1nc2ccc(C)cc2o1)c1ccccc1. The number of nitrogens with zero attached hydrogens (tertiary/aromatic N) is 1. The molecule has 1 amide bonds. The molecular weight excluding hydrogens is 276 g/mol. The molecular formula is C18H18N2O2. The van der Waals surface area contributed by atoms with Crippen LogP contribution < -0.4 is 5.32 Å². The van der Waals surface area contributed by atoms with Crippen LogP contribution in [-0.4, -0.2) is 10.9 Å². The lowest BCUT2D eigenvalue weighted by molar-refractivity contribution is -0.117. The monoisotopic (exact) mass is 294 g/mol. The number of aromatic nitrogens is 1. The summed E-state index contributed by atoms with van der Waals surface area (Å²) in [4.78, 5) is 16.8. The molecule has 0 radical (unpaired) electrons. The summed E-state index contributed by atoms with van der Waals surface area (Å²) in [5.74, 6) is -0.310. The van der Waals surface area contributed by atoms with Crippen LogP contribution in [0.4, 0.5) is 6.01 Å². The number of hydrogen-bond acceptors (Lipinski definition) is 3. The second-order valence-electron chi connectivity index (χ2n) is 5.35. The lowest BCUT2D eigenvalue weighted by Gasteiger charge is -2.13. The second-order valence-corrected chi connectivity index (χ2v) is 5.35. The number of oxazole rings is 1. The van der Waals surface area contributed by atoms with E-state index in [-0.39, 0.29) is 17.8 Å². The Hall–Kier alpha value is -2.62. The lowest BCUT2D eigenvalue weighted by atomic mass is 9.96. The number of carbonyl (C=O) groups is 1. The van der Waals surface area contributed by atoms with E-state index in [0.717, 1.165) is 23.1 Å². The summed E-state index contributed by atoms with van der Waals surface area (Å²) in [5.41, 5.74) is 3.52. The second kappa shape index (κ2) is 6.02. The van der Waals surface area contributed by atoms with Crippen molar-refractivity contribution in [2.24, 2.45) is 0 Å². The molecule has 112 valence electrons. The van der Waals surface area contributed by atoms with E-state index in [1.165, 1.54) is 0 Å². The molecule has 0 bridgehead atoms. The molecule has 4 nitrogen and oxygen atoms in total. The van der Waals surface area contributed by atoms with Gasteiger partial charge in [-0.15, -0.1) is 0 Å². The molecule has 0 fully saturated rings. The standard InChI is InChI=1S/C18H18N2O2/c1-3-14(13-7-5-4-6-8-13)17(21)20-18-19-15-10-9-12(2)11-16(15)22-18/h4-11,14H,3H2,1-2H3,(H,19,20,21)/t14-/m0/s1. The summed E-state index contributed by atoms with van der Waals surface area (Å²) in [5, 5.41) is 2.78. The van der Waals surface area contributed by atoms with Crippen LogP contribution >= 0.6 is 0 Å².